The summed E-state index contributed by atoms with van der Waals surface area (Å²) in [6.45, 7) is 10.3. The van der Waals surface area contributed by atoms with Crippen LogP contribution in [0.15, 0.2) is 24.3 Å². The number of ether oxygens (including phenoxy) is 1. The van der Waals surface area contributed by atoms with Crippen LogP contribution in [0, 0.1) is 6.92 Å². The molecule has 0 spiro atoms. The summed E-state index contributed by atoms with van der Waals surface area (Å²) >= 11 is 0. The van der Waals surface area contributed by atoms with Crippen molar-refractivity contribution in [3.63, 3.8) is 0 Å². The zero-order chi connectivity index (χ0) is 15.1. The SMILES string of the molecule is CCC(N)C(c1ccc(C)cc1)N(CCOC)C(C)C. The van der Waals surface area contributed by atoms with Gasteiger partial charge in [0, 0.05) is 25.7 Å². The number of methoxy groups -OCH3 is 1. The molecule has 2 atom stereocenters. The van der Waals surface area contributed by atoms with Gasteiger partial charge >= 0.3 is 0 Å². The van der Waals surface area contributed by atoms with Crippen LogP contribution >= 0.6 is 0 Å². The van der Waals surface area contributed by atoms with E-state index in [4.69, 9.17) is 10.5 Å². The summed E-state index contributed by atoms with van der Waals surface area (Å²) in [5, 5.41) is 0. The standard InChI is InChI=1S/C17H30N2O/c1-6-16(18)17(15-9-7-14(4)8-10-15)19(13(2)3)11-12-20-5/h7-10,13,16-17H,6,11-12,18H2,1-5H3. The molecule has 0 radical (unpaired) electrons. The highest BCUT2D eigenvalue weighted by atomic mass is 16.5. The van der Waals surface area contributed by atoms with Crippen molar-refractivity contribution in [2.45, 2.75) is 52.2 Å². The van der Waals surface area contributed by atoms with E-state index in [0.717, 1.165) is 19.6 Å². The molecule has 0 amide bonds. The van der Waals surface area contributed by atoms with E-state index < -0.39 is 0 Å². The average molecular weight is 278 g/mol. The molecule has 0 fully saturated rings. The van der Waals surface area contributed by atoms with E-state index >= 15 is 0 Å². The Morgan fingerprint density at radius 3 is 2.25 bits per heavy atom. The number of nitrogens with zero attached hydrogens (tertiary/aromatic N) is 1. The van der Waals surface area contributed by atoms with E-state index in [9.17, 15) is 0 Å². The predicted molar refractivity (Wildman–Crippen MR) is 85.9 cm³/mol. The minimum absolute atomic E-state index is 0.136. The molecule has 1 aromatic rings. The lowest BCUT2D eigenvalue weighted by molar-refractivity contribution is 0.0831. The summed E-state index contributed by atoms with van der Waals surface area (Å²) in [5.41, 5.74) is 9.00. The molecular weight excluding hydrogens is 248 g/mol. The highest BCUT2D eigenvalue weighted by Gasteiger charge is 2.27. The summed E-state index contributed by atoms with van der Waals surface area (Å²) in [6, 6.07) is 9.57. The third kappa shape index (κ3) is 4.58. The van der Waals surface area contributed by atoms with Gasteiger partial charge in [0.2, 0.25) is 0 Å². The maximum atomic E-state index is 6.42. The van der Waals surface area contributed by atoms with Crippen molar-refractivity contribution in [3.8, 4) is 0 Å². The Labute approximate surface area is 124 Å². The molecule has 1 aromatic carbocycles. The molecule has 1 rings (SSSR count). The normalized spacial score (nSPS) is 14.8. The zero-order valence-corrected chi connectivity index (χ0v) is 13.6. The number of benzene rings is 1. The van der Waals surface area contributed by atoms with E-state index in [2.05, 4.69) is 56.9 Å². The van der Waals surface area contributed by atoms with E-state index in [1.165, 1.54) is 11.1 Å². The van der Waals surface area contributed by atoms with Crippen molar-refractivity contribution in [2.75, 3.05) is 20.3 Å². The van der Waals surface area contributed by atoms with Gasteiger partial charge in [-0.05, 0) is 32.8 Å². The van der Waals surface area contributed by atoms with Crippen LogP contribution in [0.1, 0.15) is 44.4 Å². The van der Waals surface area contributed by atoms with Crippen LogP contribution in [-0.2, 0) is 4.74 Å². The number of hydrogen-bond donors (Lipinski definition) is 1. The molecule has 0 aliphatic carbocycles. The molecular formula is C17H30N2O. The summed E-state index contributed by atoms with van der Waals surface area (Å²) in [6.07, 6.45) is 0.967. The molecule has 2 unspecified atom stereocenters. The highest BCUT2D eigenvalue weighted by Crippen LogP contribution is 2.27. The van der Waals surface area contributed by atoms with Gasteiger partial charge < -0.3 is 10.5 Å². The molecule has 3 nitrogen and oxygen atoms in total. The molecule has 0 aromatic heterocycles. The third-order valence-corrected chi connectivity index (χ3v) is 3.87. The summed E-state index contributed by atoms with van der Waals surface area (Å²) < 4.78 is 5.26. The number of hydrogen-bond acceptors (Lipinski definition) is 3. The molecule has 0 saturated carbocycles. The van der Waals surface area contributed by atoms with Gasteiger partial charge in [-0.15, -0.1) is 0 Å². The molecule has 0 saturated heterocycles. The van der Waals surface area contributed by atoms with Gasteiger partial charge in [0.1, 0.15) is 0 Å². The minimum Gasteiger partial charge on any atom is -0.383 e. The first-order valence-corrected chi connectivity index (χ1v) is 7.58. The van der Waals surface area contributed by atoms with Gasteiger partial charge in [-0.2, -0.15) is 0 Å². The van der Waals surface area contributed by atoms with E-state index in [0.29, 0.717) is 6.04 Å². The van der Waals surface area contributed by atoms with Crippen molar-refractivity contribution < 1.29 is 4.74 Å². The Morgan fingerprint density at radius 2 is 1.80 bits per heavy atom. The molecule has 0 bridgehead atoms. The molecule has 0 aliphatic rings. The van der Waals surface area contributed by atoms with Gasteiger partial charge in [0.05, 0.1) is 12.6 Å². The maximum Gasteiger partial charge on any atom is 0.0590 e. The summed E-state index contributed by atoms with van der Waals surface area (Å²) in [7, 11) is 1.75. The molecule has 0 heterocycles. The second kappa shape index (κ2) is 8.40. The van der Waals surface area contributed by atoms with E-state index in [1.54, 1.807) is 7.11 Å². The van der Waals surface area contributed by atoms with Crippen LogP contribution in [0.25, 0.3) is 0 Å². The average Bonchev–Trinajstić information content (AvgIpc) is 2.43. The van der Waals surface area contributed by atoms with Gasteiger partial charge in [0.15, 0.2) is 0 Å². The molecule has 114 valence electrons. The zero-order valence-electron chi connectivity index (χ0n) is 13.6. The molecule has 0 aliphatic heterocycles. The topological polar surface area (TPSA) is 38.5 Å². The van der Waals surface area contributed by atoms with Crippen molar-refractivity contribution in [1.82, 2.24) is 4.90 Å². The Bertz CT molecular complexity index is 375. The lowest BCUT2D eigenvalue weighted by atomic mass is 9.94. The first-order valence-electron chi connectivity index (χ1n) is 7.58. The molecule has 2 N–H and O–H groups in total. The van der Waals surface area contributed by atoms with Crippen LogP contribution in [-0.4, -0.2) is 37.2 Å². The smallest absolute Gasteiger partial charge is 0.0590 e. The number of nitrogens with two attached hydrogens (primary N) is 1. The Morgan fingerprint density at radius 1 is 1.20 bits per heavy atom. The molecule has 3 heteroatoms. The van der Waals surface area contributed by atoms with Crippen LogP contribution in [0.4, 0.5) is 0 Å². The lowest BCUT2D eigenvalue weighted by Crippen LogP contribution is -2.45. The Hall–Kier alpha value is -0.900. The number of rotatable bonds is 8. The maximum absolute atomic E-state index is 6.42. The van der Waals surface area contributed by atoms with Crippen LogP contribution in [0.3, 0.4) is 0 Å². The quantitative estimate of drug-likeness (QED) is 0.794. The second-order valence-electron chi connectivity index (χ2n) is 5.75. The monoisotopic (exact) mass is 278 g/mol. The first-order chi connectivity index (χ1) is 9.51. The van der Waals surface area contributed by atoms with Crippen molar-refractivity contribution in [1.29, 1.82) is 0 Å². The largest absolute Gasteiger partial charge is 0.383 e. The summed E-state index contributed by atoms with van der Waals surface area (Å²) in [4.78, 5) is 2.45. The predicted octanol–water partition coefficient (Wildman–Crippen LogP) is 3.13. The lowest BCUT2D eigenvalue weighted by Gasteiger charge is -2.38. The minimum atomic E-state index is 0.136. The van der Waals surface area contributed by atoms with E-state index in [1.807, 2.05) is 0 Å². The molecule has 20 heavy (non-hydrogen) atoms. The van der Waals surface area contributed by atoms with Gasteiger partial charge in [-0.25, -0.2) is 0 Å². The summed E-state index contributed by atoms with van der Waals surface area (Å²) in [5.74, 6) is 0. The van der Waals surface area contributed by atoms with Gasteiger partial charge in [0.25, 0.3) is 0 Å². The first kappa shape index (κ1) is 17.2. The fourth-order valence-corrected chi connectivity index (χ4v) is 2.59. The van der Waals surface area contributed by atoms with Gasteiger partial charge in [-0.1, -0.05) is 36.8 Å². The Balaban J connectivity index is 3.05. The van der Waals surface area contributed by atoms with Crippen LogP contribution in [0.2, 0.25) is 0 Å². The van der Waals surface area contributed by atoms with Gasteiger partial charge in [-0.3, -0.25) is 4.90 Å². The van der Waals surface area contributed by atoms with Crippen LogP contribution in [0.5, 0.6) is 0 Å². The van der Waals surface area contributed by atoms with Crippen LogP contribution < -0.4 is 5.73 Å². The number of aryl methyl sites for hydroxylation is 1. The van der Waals surface area contributed by atoms with Crippen molar-refractivity contribution in [2.24, 2.45) is 5.73 Å². The Kier molecular flexibility index (Phi) is 7.20. The van der Waals surface area contributed by atoms with E-state index in [-0.39, 0.29) is 12.1 Å². The second-order valence-corrected chi connectivity index (χ2v) is 5.75. The highest BCUT2D eigenvalue weighted by molar-refractivity contribution is 5.25. The fraction of sp³-hybridized carbons (Fsp3) is 0.647. The van der Waals surface area contributed by atoms with Crippen molar-refractivity contribution in [3.05, 3.63) is 35.4 Å². The van der Waals surface area contributed by atoms with Crippen molar-refractivity contribution >= 4 is 0 Å². The fourth-order valence-electron chi connectivity index (χ4n) is 2.59. The third-order valence-electron chi connectivity index (χ3n) is 3.87.